The number of halogens is 3. The van der Waals surface area contributed by atoms with Crippen molar-refractivity contribution in [2.75, 3.05) is 5.43 Å². The van der Waals surface area contributed by atoms with Crippen LogP contribution in [0.5, 0.6) is 0 Å². The average molecular weight is 289 g/mol. The largest absolute Gasteiger partial charge is 0.306 e. The van der Waals surface area contributed by atoms with Crippen molar-refractivity contribution in [3.63, 3.8) is 0 Å². The molecule has 2 rings (SSSR count). The highest BCUT2D eigenvalue weighted by molar-refractivity contribution is 7.99. The van der Waals surface area contributed by atoms with Crippen LogP contribution >= 0.6 is 23.4 Å². The Morgan fingerprint density at radius 2 is 2.06 bits per heavy atom. The first-order valence-corrected chi connectivity index (χ1v) is 5.92. The van der Waals surface area contributed by atoms with E-state index in [1.54, 1.807) is 12.1 Å². The average Bonchev–Trinajstić information content (AvgIpc) is 2.35. The Labute approximate surface area is 111 Å². The lowest BCUT2D eigenvalue weighted by molar-refractivity contribution is 0.551. The fourth-order valence-corrected chi connectivity index (χ4v) is 2.15. The molecule has 2 heterocycles. The molecule has 0 saturated heterocycles. The summed E-state index contributed by atoms with van der Waals surface area (Å²) >= 11 is 6.77. The Morgan fingerprint density at radius 1 is 1.28 bits per heavy atom. The molecular formula is C10H7ClF2N4S. The van der Waals surface area contributed by atoms with Crippen molar-refractivity contribution in [3.05, 3.63) is 41.1 Å². The highest BCUT2D eigenvalue weighted by Crippen LogP contribution is 2.32. The fourth-order valence-electron chi connectivity index (χ4n) is 1.16. The van der Waals surface area contributed by atoms with Crippen molar-refractivity contribution < 1.29 is 8.78 Å². The van der Waals surface area contributed by atoms with Gasteiger partial charge in [-0.3, -0.25) is 0 Å². The third kappa shape index (κ3) is 2.69. The van der Waals surface area contributed by atoms with E-state index in [0.717, 1.165) is 11.8 Å². The number of aromatic nitrogens is 2. The van der Waals surface area contributed by atoms with Crippen LogP contribution in [-0.2, 0) is 0 Å². The van der Waals surface area contributed by atoms with E-state index in [1.165, 1.54) is 6.20 Å². The normalized spacial score (nSPS) is 10.4. The van der Waals surface area contributed by atoms with E-state index in [-0.39, 0.29) is 10.8 Å². The number of hydrazine groups is 1. The maximum absolute atomic E-state index is 13.5. The summed E-state index contributed by atoms with van der Waals surface area (Å²) in [6.45, 7) is 0. The molecule has 0 saturated carbocycles. The van der Waals surface area contributed by atoms with Crippen molar-refractivity contribution in [2.45, 2.75) is 10.1 Å². The third-order valence-electron chi connectivity index (χ3n) is 1.95. The van der Waals surface area contributed by atoms with Gasteiger partial charge in [0.25, 0.3) is 0 Å². The number of nitrogens with two attached hydrogens (primary N) is 1. The van der Waals surface area contributed by atoms with E-state index >= 15 is 0 Å². The Balaban J connectivity index is 2.38. The molecule has 0 aliphatic heterocycles. The first-order chi connectivity index (χ1) is 8.61. The van der Waals surface area contributed by atoms with Gasteiger partial charge in [0.05, 0.1) is 5.02 Å². The van der Waals surface area contributed by atoms with Crippen LogP contribution in [-0.4, -0.2) is 9.97 Å². The van der Waals surface area contributed by atoms with E-state index in [9.17, 15) is 8.78 Å². The zero-order valence-electron chi connectivity index (χ0n) is 8.82. The van der Waals surface area contributed by atoms with E-state index in [0.29, 0.717) is 16.1 Å². The second kappa shape index (κ2) is 5.47. The molecule has 18 heavy (non-hydrogen) atoms. The molecule has 0 spiro atoms. The van der Waals surface area contributed by atoms with E-state index in [1.807, 2.05) is 5.43 Å². The van der Waals surface area contributed by atoms with Crippen LogP contribution < -0.4 is 11.3 Å². The zero-order valence-corrected chi connectivity index (χ0v) is 10.4. The van der Waals surface area contributed by atoms with Crippen LogP contribution in [0.15, 0.2) is 34.4 Å². The molecule has 0 bridgehead atoms. The monoisotopic (exact) mass is 288 g/mol. The molecule has 8 heteroatoms. The Bertz CT molecular complexity index is 582. The Hall–Kier alpha value is -1.44. The molecule has 0 amide bonds. The maximum Gasteiger partial charge on any atom is 0.177 e. The standard InChI is InChI=1S/C10H7ClF2N4S/c11-5-2-1-3-15-9(5)18-10-7(13)4-6(12)8(16-10)17-14/h1-4H,14H2,(H,16,17). The molecule has 94 valence electrons. The molecular weight excluding hydrogens is 282 g/mol. The molecule has 0 atom stereocenters. The summed E-state index contributed by atoms with van der Waals surface area (Å²) < 4.78 is 26.7. The van der Waals surface area contributed by atoms with Crippen LogP contribution in [0.3, 0.4) is 0 Å². The molecule has 3 N–H and O–H groups in total. The first-order valence-electron chi connectivity index (χ1n) is 4.73. The second-order valence-electron chi connectivity index (χ2n) is 3.14. The van der Waals surface area contributed by atoms with Gasteiger partial charge in [0.1, 0.15) is 10.1 Å². The van der Waals surface area contributed by atoms with Crippen LogP contribution in [0.25, 0.3) is 0 Å². The van der Waals surface area contributed by atoms with Crippen molar-refractivity contribution in [3.8, 4) is 0 Å². The number of nitrogen functional groups attached to an aromatic ring is 1. The summed E-state index contributed by atoms with van der Waals surface area (Å²) in [5.41, 5.74) is 2.04. The van der Waals surface area contributed by atoms with E-state index in [2.05, 4.69) is 9.97 Å². The summed E-state index contributed by atoms with van der Waals surface area (Å²) in [6.07, 6.45) is 1.51. The minimum Gasteiger partial charge on any atom is -0.306 e. The van der Waals surface area contributed by atoms with Gasteiger partial charge in [-0.1, -0.05) is 11.6 Å². The number of rotatable bonds is 3. The summed E-state index contributed by atoms with van der Waals surface area (Å²) in [4.78, 5) is 7.68. The van der Waals surface area contributed by atoms with Gasteiger partial charge >= 0.3 is 0 Å². The molecule has 0 radical (unpaired) electrons. The van der Waals surface area contributed by atoms with Crippen LogP contribution in [0.1, 0.15) is 0 Å². The van der Waals surface area contributed by atoms with Gasteiger partial charge in [-0.15, -0.1) is 0 Å². The molecule has 0 aliphatic carbocycles. The van der Waals surface area contributed by atoms with Crippen LogP contribution in [0, 0.1) is 11.6 Å². The Morgan fingerprint density at radius 3 is 2.72 bits per heavy atom. The number of anilines is 1. The summed E-state index contributed by atoms with van der Waals surface area (Å²) in [5.74, 6) is 3.15. The molecule has 0 unspecified atom stereocenters. The van der Waals surface area contributed by atoms with Crippen molar-refractivity contribution in [2.24, 2.45) is 5.84 Å². The van der Waals surface area contributed by atoms with Crippen molar-refractivity contribution in [1.82, 2.24) is 9.97 Å². The maximum atomic E-state index is 13.5. The summed E-state index contributed by atoms with van der Waals surface area (Å²) in [6, 6.07) is 3.95. The predicted octanol–water partition coefficient (Wildman–Crippen LogP) is 2.85. The van der Waals surface area contributed by atoms with Gasteiger partial charge in [-0.05, 0) is 23.9 Å². The van der Waals surface area contributed by atoms with Gasteiger partial charge in [0, 0.05) is 12.3 Å². The van der Waals surface area contributed by atoms with E-state index < -0.39 is 11.6 Å². The smallest absolute Gasteiger partial charge is 0.177 e. The van der Waals surface area contributed by atoms with Gasteiger partial charge in [-0.2, -0.15) is 0 Å². The first kappa shape index (κ1) is 13.0. The summed E-state index contributed by atoms with van der Waals surface area (Å²) in [7, 11) is 0. The predicted molar refractivity (Wildman–Crippen MR) is 65.3 cm³/mol. The lowest BCUT2D eigenvalue weighted by atomic mass is 10.4. The molecule has 4 nitrogen and oxygen atoms in total. The lowest BCUT2D eigenvalue weighted by Gasteiger charge is -2.06. The van der Waals surface area contributed by atoms with Gasteiger partial charge < -0.3 is 5.43 Å². The lowest BCUT2D eigenvalue weighted by Crippen LogP contribution is -2.11. The fraction of sp³-hybridized carbons (Fsp3) is 0. The van der Waals surface area contributed by atoms with Gasteiger partial charge in [0.15, 0.2) is 17.5 Å². The number of hydrogen-bond donors (Lipinski definition) is 2. The minimum absolute atomic E-state index is 0.0649. The number of nitrogens with zero attached hydrogens (tertiary/aromatic N) is 2. The van der Waals surface area contributed by atoms with Crippen LogP contribution in [0.4, 0.5) is 14.6 Å². The molecule has 0 aromatic carbocycles. The minimum atomic E-state index is -0.869. The highest BCUT2D eigenvalue weighted by Gasteiger charge is 2.14. The second-order valence-corrected chi connectivity index (χ2v) is 4.53. The molecule has 2 aromatic rings. The quantitative estimate of drug-likeness (QED) is 0.672. The molecule has 0 aliphatic rings. The van der Waals surface area contributed by atoms with Gasteiger partial charge in [-0.25, -0.2) is 24.6 Å². The highest BCUT2D eigenvalue weighted by atomic mass is 35.5. The molecule has 2 aromatic heterocycles. The SMILES string of the molecule is NNc1nc(Sc2ncccc2Cl)c(F)cc1F. The topological polar surface area (TPSA) is 63.8 Å². The van der Waals surface area contributed by atoms with Gasteiger partial charge in [0.2, 0.25) is 0 Å². The van der Waals surface area contributed by atoms with E-state index in [4.69, 9.17) is 17.4 Å². The number of hydrogen-bond acceptors (Lipinski definition) is 5. The van der Waals surface area contributed by atoms with Crippen molar-refractivity contribution in [1.29, 1.82) is 0 Å². The van der Waals surface area contributed by atoms with Crippen molar-refractivity contribution >= 4 is 29.2 Å². The Kier molecular flexibility index (Phi) is 3.95. The number of nitrogens with one attached hydrogen (secondary N) is 1. The third-order valence-corrected chi connectivity index (χ3v) is 3.37. The zero-order chi connectivity index (χ0) is 13.1. The molecule has 0 fully saturated rings. The summed E-state index contributed by atoms with van der Waals surface area (Å²) in [5, 5.41) is 0.667. The van der Waals surface area contributed by atoms with Crippen LogP contribution in [0.2, 0.25) is 5.02 Å². The number of pyridine rings is 2.